The van der Waals surface area contributed by atoms with Crippen molar-refractivity contribution in [3.63, 3.8) is 0 Å². The summed E-state index contributed by atoms with van der Waals surface area (Å²) in [5, 5.41) is 8.49. The van der Waals surface area contributed by atoms with E-state index in [2.05, 4.69) is 14.8 Å². The van der Waals surface area contributed by atoms with Crippen LogP contribution in [-0.4, -0.2) is 44.8 Å². The highest BCUT2D eigenvalue weighted by molar-refractivity contribution is 5.92. The molecule has 0 spiro atoms. The number of amides is 1. The Kier molecular flexibility index (Phi) is 3.22. The summed E-state index contributed by atoms with van der Waals surface area (Å²) in [6, 6.07) is 3.81. The van der Waals surface area contributed by atoms with Crippen molar-refractivity contribution in [1.29, 1.82) is 0 Å². The van der Waals surface area contributed by atoms with E-state index in [1.165, 1.54) is 0 Å². The summed E-state index contributed by atoms with van der Waals surface area (Å²) in [6.45, 7) is 1.17. The molecule has 2 aromatic rings. The van der Waals surface area contributed by atoms with Crippen LogP contribution < -0.4 is 0 Å². The highest BCUT2D eigenvalue weighted by Crippen LogP contribution is 2.32. The maximum Gasteiger partial charge on any atom is 0.290 e. The average molecular weight is 302 g/mol. The van der Waals surface area contributed by atoms with Gasteiger partial charge in [0.15, 0.2) is 11.6 Å². The van der Waals surface area contributed by atoms with E-state index in [0.717, 1.165) is 37.5 Å². The summed E-state index contributed by atoms with van der Waals surface area (Å²) in [4.78, 5) is 14.7. The number of ether oxygens (including phenoxy) is 1. The van der Waals surface area contributed by atoms with E-state index < -0.39 is 0 Å². The predicted molar refractivity (Wildman–Crippen MR) is 76.1 cm³/mol. The van der Waals surface area contributed by atoms with Gasteiger partial charge < -0.3 is 18.6 Å². The normalized spacial score (nSPS) is 23.4. The third-order valence-corrected chi connectivity index (χ3v) is 4.58. The van der Waals surface area contributed by atoms with Crippen molar-refractivity contribution >= 4 is 5.91 Å². The smallest absolute Gasteiger partial charge is 0.290 e. The first kappa shape index (κ1) is 13.5. The standard InChI is InChI=1S/C15H18N4O3/c1-21-9-14-17-16-13-7-10-4-5-11(8-18(13)14)19(10)15(20)12-3-2-6-22-12/h2-3,6,10-11H,4-5,7-9H2,1H3. The van der Waals surface area contributed by atoms with Crippen LogP contribution in [-0.2, 0) is 24.3 Å². The van der Waals surface area contributed by atoms with Crippen molar-refractivity contribution < 1.29 is 13.9 Å². The van der Waals surface area contributed by atoms with Crippen LogP contribution >= 0.6 is 0 Å². The van der Waals surface area contributed by atoms with E-state index >= 15 is 0 Å². The number of methoxy groups -OCH3 is 1. The van der Waals surface area contributed by atoms with Gasteiger partial charge in [-0.2, -0.15) is 0 Å². The van der Waals surface area contributed by atoms with Crippen LogP contribution in [0.1, 0.15) is 35.0 Å². The lowest BCUT2D eigenvalue weighted by molar-refractivity contribution is 0.0631. The molecule has 2 aliphatic rings. The van der Waals surface area contributed by atoms with Crippen molar-refractivity contribution in [1.82, 2.24) is 19.7 Å². The molecule has 0 aliphatic carbocycles. The molecule has 0 aromatic carbocycles. The van der Waals surface area contributed by atoms with Crippen LogP contribution in [0.3, 0.4) is 0 Å². The Bertz CT molecular complexity index is 679. The van der Waals surface area contributed by atoms with Crippen molar-refractivity contribution in [3.8, 4) is 0 Å². The minimum Gasteiger partial charge on any atom is -0.459 e. The molecule has 7 nitrogen and oxygen atoms in total. The molecule has 1 amide bonds. The maximum absolute atomic E-state index is 12.7. The molecule has 2 aromatic heterocycles. The molecule has 7 heteroatoms. The lowest BCUT2D eigenvalue weighted by atomic mass is 10.1. The Morgan fingerprint density at radius 3 is 3.05 bits per heavy atom. The quantitative estimate of drug-likeness (QED) is 0.853. The van der Waals surface area contributed by atoms with Crippen LogP contribution in [0.15, 0.2) is 22.8 Å². The Morgan fingerprint density at radius 1 is 1.41 bits per heavy atom. The van der Waals surface area contributed by atoms with Gasteiger partial charge in [-0.15, -0.1) is 10.2 Å². The maximum atomic E-state index is 12.7. The van der Waals surface area contributed by atoms with Gasteiger partial charge in [-0.05, 0) is 25.0 Å². The Morgan fingerprint density at radius 2 is 2.27 bits per heavy atom. The zero-order chi connectivity index (χ0) is 15.1. The van der Waals surface area contributed by atoms with Crippen LogP contribution in [0.4, 0.5) is 0 Å². The van der Waals surface area contributed by atoms with Crippen molar-refractivity contribution in [2.45, 2.75) is 44.5 Å². The number of furan rings is 1. The van der Waals surface area contributed by atoms with E-state index in [-0.39, 0.29) is 18.0 Å². The minimum absolute atomic E-state index is 0.0236. The molecular weight excluding hydrogens is 284 g/mol. The highest BCUT2D eigenvalue weighted by Gasteiger charge is 2.42. The summed E-state index contributed by atoms with van der Waals surface area (Å²) >= 11 is 0. The first-order valence-electron chi connectivity index (χ1n) is 7.54. The number of nitrogens with zero attached hydrogens (tertiary/aromatic N) is 4. The van der Waals surface area contributed by atoms with Gasteiger partial charge in [0.2, 0.25) is 0 Å². The largest absolute Gasteiger partial charge is 0.459 e. The lowest BCUT2D eigenvalue weighted by Crippen LogP contribution is -2.42. The minimum atomic E-state index is -0.0236. The second-order valence-electron chi connectivity index (χ2n) is 5.85. The van der Waals surface area contributed by atoms with Gasteiger partial charge in [0.05, 0.1) is 12.3 Å². The second-order valence-corrected chi connectivity index (χ2v) is 5.85. The van der Waals surface area contributed by atoms with Crippen LogP contribution in [0.2, 0.25) is 0 Å². The fraction of sp³-hybridized carbons (Fsp3) is 0.533. The summed E-state index contributed by atoms with van der Waals surface area (Å²) in [7, 11) is 1.65. The summed E-state index contributed by atoms with van der Waals surface area (Å²) in [6.07, 6.45) is 4.28. The lowest BCUT2D eigenvalue weighted by Gasteiger charge is -2.27. The Labute approximate surface area is 127 Å². The SMILES string of the molecule is COCc1nnc2n1CC1CCC(C2)N1C(=O)c1ccco1. The van der Waals surface area contributed by atoms with Gasteiger partial charge in [0.1, 0.15) is 12.4 Å². The molecule has 1 saturated heterocycles. The van der Waals surface area contributed by atoms with E-state index in [0.29, 0.717) is 12.4 Å². The van der Waals surface area contributed by atoms with Gasteiger partial charge in [-0.1, -0.05) is 0 Å². The summed E-state index contributed by atoms with van der Waals surface area (Å²) in [5.74, 6) is 2.16. The van der Waals surface area contributed by atoms with Gasteiger partial charge in [-0.3, -0.25) is 4.79 Å². The number of carbonyl (C=O) groups is 1. The zero-order valence-electron chi connectivity index (χ0n) is 12.4. The van der Waals surface area contributed by atoms with E-state index in [9.17, 15) is 4.79 Å². The molecule has 4 rings (SSSR count). The number of aromatic nitrogens is 3. The fourth-order valence-corrected chi connectivity index (χ4v) is 3.59. The van der Waals surface area contributed by atoms with Crippen LogP contribution in [0.25, 0.3) is 0 Å². The average Bonchev–Trinajstić information content (AvgIpc) is 3.20. The topological polar surface area (TPSA) is 73.4 Å². The van der Waals surface area contributed by atoms with E-state index in [4.69, 9.17) is 9.15 Å². The van der Waals surface area contributed by atoms with Gasteiger partial charge in [0, 0.05) is 26.1 Å². The second kappa shape index (κ2) is 5.24. The Hall–Kier alpha value is -2.15. The molecule has 4 heterocycles. The van der Waals surface area contributed by atoms with E-state index in [1.54, 1.807) is 25.5 Å². The molecule has 0 radical (unpaired) electrons. The zero-order valence-corrected chi connectivity index (χ0v) is 12.4. The summed E-state index contributed by atoms with van der Waals surface area (Å²) in [5.41, 5.74) is 0. The first-order chi connectivity index (χ1) is 10.8. The Balaban J connectivity index is 1.65. The van der Waals surface area contributed by atoms with Gasteiger partial charge in [-0.25, -0.2) is 0 Å². The number of hydrogen-bond acceptors (Lipinski definition) is 5. The number of fused-ring (bicyclic) bond motifs is 3. The highest BCUT2D eigenvalue weighted by atomic mass is 16.5. The van der Waals surface area contributed by atoms with Gasteiger partial charge in [0.25, 0.3) is 5.91 Å². The summed E-state index contributed by atoms with van der Waals surface area (Å²) < 4.78 is 12.6. The third-order valence-electron chi connectivity index (χ3n) is 4.58. The fourth-order valence-electron chi connectivity index (χ4n) is 3.59. The van der Waals surface area contributed by atoms with E-state index in [1.807, 2.05) is 4.90 Å². The van der Waals surface area contributed by atoms with Crippen LogP contribution in [0, 0.1) is 0 Å². The number of hydrogen-bond donors (Lipinski definition) is 0. The number of carbonyl (C=O) groups excluding carboxylic acids is 1. The number of rotatable bonds is 3. The van der Waals surface area contributed by atoms with Crippen LogP contribution in [0.5, 0.6) is 0 Å². The molecule has 22 heavy (non-hydrogen) atoms. The van der Waals surface area contributed by atoms with Crippen molar-refractivity contribution in [2.75, 3.05) is 7.11 Å². The third kappa shape index (κ3) is 2.04. The van der Waals surface area contributed by atoms with Crippen molar-refractivity contribution in [3.05, 3.63) is 35.8 Å². The first-order valence-corrected chi connectivity index (χ1v) is 7.54. The predicted octanol–water partition coefficient (Wildman–Crippen LogP) is 1.25. The van der Waals surface area contributed by atoms with Crippen molar-refractivity contribution in [2.24, 2.45) is 0 Å². The molecular formula is C15H18N4O3. The molecule has 2 unspecified atom stereocenters. The van der Waals surface area contributed by atoms with Gasteiger partial charge >= 0.3 is 0 Å². The molecule has 2 atom stereocenters. The monoisotopic (exact) mass is 302 g/mol. The molecule has 0 N–H and O–H groups in total. The molecule has 2 aliphatic heterocycles. The molecule has 116 valence electrons. The molecule has 2 bridgehead atoms. The molecule has 1 fully saturated rings. The molecule has 0 saturated carbocycles.